The topological polar surface area (TPSA) is 9.86 Å². The molecule has 5 aliphatic carbocycles. The second-order valence-electron chi connectivity index (χ2n) is 34.3. The first-order valence-electron chi connectivity index (χ1n) is 39.6. The van der Waals surface area contributed by atoms with Gasteiger partial charge in [-0.2, -0.15) is 0 Å². The van der Waals surface area contributed by atoms with E-state index in [0.29, 0.717) is 0 Å². The van der Waals surface area contributed by atoms with Gasteiger partial charge in [-0.05, 0) is 294 Å². The molecule has 0 unspecified atom stereocenters. The van der Waals surface area contributed by atoms with E-state index >= 15 is 0 Å². The van der Waals surface area contributed by atoms with Crippen molar-refractivity contribution in [3.63, 3.8) is 0 Å². The molecule has 0 saturated heterocycles. The van der Waals surface area contributed by atoms with Crippen LogP contribution in [0.5, 0.6) is 0 Å². The third-order valence-electron chi connectivity index (χ3n) is 27.0. The Morgan fingerprint density at radius 1 is 0.180 bits per heavy atom. The third-order valence-corrected chi connectivity index (χ3v) is 27.0. The Morgan fingerprint density at radius 3 is 0.667 bits per heavy atom. The van der Waals surface area contributed by atoms with Crippen molar-refractivity contribution >= 4 is 43.6 Å². The van der Waals surface area contributed by atoms with Gasteiger partial charge in [-0.1, -0.05) is 274 Å². The molecule has 5 aliphatic rings. The molecule has 0 spiro atoms. The molecule has 0 N–H and O–H groups in total. The largest absolute Gasteiger partial charge is 0.309 e. The molecule has 0 amide bonds. The number of aromatic nitrogens is 2. The summed E-state index contributed by atoms with van der Waals surface area (Å²) >= 11 is 0. The van der Waals surface area contributed by atoms with E-state index in [1.807, 2.05) is 0 Å². The van der Waals surface area contributed by atoms with E-state index in [0.717, 1.165) is 17.8 Å². The monoisotopic (exact) mass is 1420 g/mol. The van der Waals surface area contributed by atoms with E-state index in [9.17, 15) is 0 Å². The van der Waals surface area contributed by atoms with Gasteiger partial charge in [0.2, 0.25) is 0 Å². The first-order valence-corrected chi connectivity index (χ1v) is 39.6. The van der Waals surface area contributed by atoms with Gasteiger partial charge in [-0.15, -0.1) is 0 Å². The van der Waals surface area contributed by atoms with Gasteiger partial charge >= 0.3 is 0 Å². The lowest BCUT2D eigenvalue weighted by Crippen LogP contribution is -2.14. The van der Waals surface area contributed by atoms with Crippen LogP contribution in [0.4, 0.5) is 0 Å². The van der Waals surface area contributed by atoms with Gasteiger partial charge in [-0.3, -0.25) is 0 Å². The first kappa shape index (κ1) is 64.1. The summed E-state index contributed by atoms with van der Waals surface area (Å²) in [5.74, 6) is 0. The van der Waals surface area contributed by atoms with Crippen molar-refractivity contribution < 1.29 is 0 Å². The molecule has 0 fully saturated rings. The van der Waals surface area contributed by atoms with Crippen molar-refractivity contribution in [3.05, 3.63) is 383 Å². The summed E-state index contributed by atoms with van der Waals surface area (Å²) < 4.78 is 4.97. The molecule has 2 nitrogen and oxygen atoms in total. The Hall–Kier alpha value is -12.9. The number of fused-ring (bicyclic) bond motifs is 21. The van der Waals surface area contributed by atoms with Crippen LogP contribution in [0, 0.1) is 0 Å². The van der Waals surface area contributed by atoms with E-state index in [2.05, 4.69) is 392 Å². The molecule has 0 aliphatic heterocycles. The van der Waals surface area contributed by atoms with Gasteiger partial charge in [0.15, 0.2) is 0 Å². The molecule has 16 aromatic carbocycles. The first-order chi connectivity index (χ1) is 54.0. The van der Waals surface area contributed by atoms with Crippen molar-refractivity contribution in [2.45, 2.75) is 83.5 Å². The minimum Gasteiger partial charge on any atom is -0.309 e. The third kappa shape index (κ3) is 9.20. The molecule has 111 heavy (non-hydrogen) atoms. The SMILES string of the molecule is CC1(C)c2ccccc2-c2cc(-c3ccc4c(c3)c3cc(-c5ccc6c(c5)-c5ccccc5C6(C)C)ccc3n4-c3ccc(-c4ccc5c(c4)-c4cc(-c6ccc(-n7c8ccc(-c9ccc%10c(c9)-c9ccccc9C%10(C)C)cc8c8cc(-c9ccc%10c(c9)-c9ccccc9C%10(C)C)ccc87)cc6)ccc4C5)cc3)ccc21. The molecule has 2 heteroatoms. The van der Waals surface area contributed by atoms with Crippen LogP contribution in [0.1, 0.15) is 111 Å². The minimum atomic E-state index is -0.0519. The van der Waals surface area contributed by atoms with Crippen LogP contribution in [0.3, 0.4) is 0 Å². The quantitative estimate of drug-likeness (QED) is 0.143. The lowest BCUT2D eigenvalue weighted by molar-refractivity contribution is 0.660. The number of benzene rings is 16. The van der Waals surface area contributed by atoms with E-state index in [4.69, 9.17) is 0 Å². The van der Waals surface area contributed by atoms with Crippen LogP contribution < -0.4 is 0 Å². The second kappa shape index (κ2) is 22.9. The number of nitrogens with zero attached hydrogens (tertiary/aromatic N) is 2. The highest BCUT2D eigenvalue weighted by Gasteiger charge is 2.40. The van der Waals surface area contributed by atoms with Crippen molar-refractivity contribution in [2.75, 3.05) is 0 Å². The standard InChI is InChI=1S/C109H80N2/c1-106(2)94-21-13-9-17-80(94)86-56-68(33-45-98(86)106)72-37-49-102-90(60-72)91-61-73(69-34-46-99-87(57-69)81-18-10-14-22-95(81)107(99,3)4)38-50-103(91)110(102)78-41-29-64(30-42-78)66-25-27-76-53-77-28-26-67(55-85(77)84(76)54-66)65-31-43-79(44-32-65)111-104-51-39-74(70-35-47-100-88(58-70)82-19-11-15-23-96(82)108(100,5)6)62-92(104)93-63-75(40-52-105(93)111)71-36-48-101-89(59-71)83-20-12-16-24-97(83)109(101,7)8/h9-52,54-63H,53H2,1-8H3. The van der Waals surface area contributed by atoms with E-state index in [1.165, 1.54) is 222 Å². The number of hydrogen-bond donors (Lipinski definition) is 0. The van der Waals surface area contributed by atoms with Crippen molar-refractivity contribution in [1.29, 1.82) is 0 Å². The Labute approximate surface area is 648 Å². The Kier molecular flexibility index (Phi) is 13.2. The van der Waals surface area contributed by atoms with Crippen LogP contribution in [-0.2, 0) is 28.1 Å². The molecule has 0 bridgehead atoms. The van der Waals surface area contributed by atoms with Crippen LogP contribution in [0.15, 0.2) is 328 Å². The average Bonchev–Trinajstić information content (AvgIpc) is 1.60. The summed E-state index contributed by atoms with van der Waals surface area (Å²) in [5, 5.41) is 4.97. The van der Waals surface area contributed by atoms with Gasteiger partial charge in [0, 0.05) is 54.6 Å². The zero-order valence-electron chi connectivity index (χ0n) is 63.8. The molecule has 23 rings (SSSR count). The molecule has 0 radical (unpaired) electrons. The summed E-state index contributed by atoms with van der Waals surface area (Å²) in [6.07, 6.45) is 0.923. The fraction of sp³-hybridized carbons (Fsp3) is 0.119. The van der Waals surface area contributed by atoms with Crippen LogP contribution in [-0.4, -0.2) is 9.13 Å². The molecular formula is C109H80N2. The minimum absolute atomic E-state index is 0.0519. The molecule has 2 heterocycles. The molecule has 18 aromatic rings. The maximum Gasteiger partial charge on any atom is 0.0541 e. The van der Waals surface area contributed by atoms with Crippen molar-refractivity contribution in [2.24, 2.45) is 0 Å². The van der Waals surface area contributed by atoms with Crippen LogP contribution in [0.2, 0.25) is 0 Å². The van der Waals surface area contributed by atoms with Crippen molar-refractivity contribution in [1.82, 2.24) is 9.13 Å². The summed E-state index contributed by atoms with van der Waals surface area (Å²) in [6, 6.07) is 126. The summed E-state index contributed by atoms with van der Waals surface area (Å²) in [7, 11) is 0. The normalized spacial score (nSPS) is 14.9. The molecule has 526 valence electrons. The predicted octanol–water partition coefficient (Wildman–Crippen LogP) is 28.7. The zero-order chi connectivity index (χ0) is 74.3. The van der Waals surface area contributed by atoms with Gasteiger partial charge in [0.25, 0.3) is 0 Å². The Balaban J connectivity index is 0.581. The Bertz CT molecular complexity index is 6380. The maximum absolute atomic E-state index is 2.48. The molecule has 0 saturated carbocycles. The molecule has 0 atom stereocenters. The highest BCUT2D eigenvalue weighted by atomic mass is 15.0. The van der Waals surface area contributed by atoms with Gasteiger partial charge in [-0.25, -0.2) is 0 Å². The van der Waals surface area contributed by atoms with Gasteiger partial charge < -0.3 is 9.13 Å². The maximum atomic E-state index is 2.48. The lowest BCUT2D eigenvalue weighted by atomic mass is 9.82. The highest BCUT2D eigenvalue weighted by molar-refractivity contribution is 6.14. The van der Waals surface area contributed by atoms with E-state index in [-0.39, 0.29) is 21.7 Å². The van der Waals surface area contributed by atoms with Crippen molar-refractivity contribution in [3.8, 4) is 134 Å². The van der Waals surface area contributed by atoms with Gasteiger partial charge in [0.1, 0.15) is 0 Å². The van der Waals surface area contributed by atoms with Gasteiger partial charge in [0.05, 0.1) is 22.1 Å². The average molecular weight is 1420 g/mol. The van der Waals surface area contributed by atoms with Crippen LogP contribution in [0.25, 0.3) is 177 Å². The van der Waals surface area contributed by atoms with E-state index in [1.54, 1.807) is 0 Å². The summed E-state index contributed by atoms with van der Waals surface area (Å²) in [6.45, 7) is 18.9. The molecular weight excluding hydrogens is 1340 g/mol. The highest BCUT2D eigenvalue weighted by Crippen LogP contribution is 2.55. The van der Waals surface area contributed by atoms with Crippen LogP contribution >= 0.6 is 0 Å². The molecule has 2 aromatic heterocycles. The predicted molar refractivity (Wildman–Crippen MR) is 466 cm³/mol. The van der Waals surface area contributed by atoms with E-state index < -0.39 is 0 Å². The lowest BCUT2D eigenvalue weighted by Gasteiger charge is -2.21. The smallest absolute Gasteiger partial charge is 0.0541 e. The fourth-order valence-electron chi connectivity index (χ4n) is 21.1. The fourth-order valence-corrected chi connectivity index (χ4v) is 21.1. The second-order valence-corrected chi connectivity index (χ2v) is 34.3. The number of hydrogen-bond acceptors (Lipinski definition) is 0. The summed E-state index contributed by atoms with van der Waals surface area (Å²) in [4.78, 5) is 0. The zero-order valence-corrected chi connectivity index (χ0v) is 63.8. The number of rotatable bonds is 8. The Morgan fingerprint density at radius 2 is 0.387 bits per heavy atom. The summed E-state index contributed by atoms with van der Waals surface area (Å²) in [5.41, 5.74) is 48.7.